The summed E-state index contributed by atoms with van der Waals surface area (Å²) in [6.07, 6.45) is 2.52. The third-order valence-corrected chi connectivity index (χ3v) is 3.34. The molecule has 2 rings (SSSR count). The van der Waals surface area contributed by atoms with E-state index in [2.05, 4.69) is 10.3 Å². The number of hydrogen-bond acceptors (Lipinski definition) is 5. The predicted molar refractivity (Wildman–Crippen MR) is 87.3 cm³/mol. The number of ether oxygens (including phenoxy) is 3. The number of benzene rings is 1. The van der Waals surface area contributed by atoms with Gasteiger partial charge in [-0.15, -0.1) is 0 Å². The Kier molecular flexibility index (Phi) is 5.80. The average molecular weight is 316 g/mol. The minimum atomic E-state index is -0.128. The van der Waals surface area contributed by atoms with Crippen molar-refractivity contribution in [2.45, 2.75) is 12.8 Å². The lowest BCUT2D eigenvalue weighted by Gasteiger charge is -2.10. The van der Waals surface area contributed by atoms with Crippen LogP contribution in [0, 0.1) is 0 Å². The molecule has 0 bridgehead atoms. The van der Waals surface area contributed by atoms with Crippen molar-refractivity contribution in [1.29, 1.82) is 0 Å². The number of carbonyl (C=O) groups is 1. The molecule has 1 amide bonds. The summed E-state index contributed by atoms with van der Waals surface area (Å²) in [5.41, 5.74) is 0.991. The highest BCUT2D eigenvalue weighted by Gasteiger charge is 2.10. The van der Waals surface area contributed by atoms with Crippen molar-refractivity contribution in [2.75, 3.05) is 26.6 Å². The van der Waals surface area contributed by atoms with Crippen LogP contribution < -0.4 is 19.5 Å². The van der Waals surface area contributed by atoms with Crippen molar-refractivity contribution >= 4 is 11.7 Å². The van der Waals surface area contributed by atoms with Gasteiger partial charge in [-0.2, -0.15) is 0 Å². The van der Waals surface area contributed by atoms with Crippen LogP contribution in [-0.4, -0.2) is 32.2 Å². The number of anilines is 1. The van der Waals surface area contributed by atoms with Gasteiger partial charge in [0.25, 0.3) is 0 Å². The average Bonchev–Trinajstić information content (AvgIpc) is 2.60. The zero-order valence-electron chi connectivity index (χ0n) is 13.5. The Morgan fingerprint density at radius 1 is 1.04 bits per heavy atom. The summed E-state index contributed by atoms with van der Waals surface area (Å²) < 4.78 is 15.6. The maximum Gasteiger partial charge on any atom is 0.225 e. The van der Waals surface area contributed by atoms with Crippen molar-refractivity contribution in [3.8, 4) is 17.2 Å². The third kappa shape index (κ3) is 4.35. The van der Waals surface area contributed by atoms with Gasteiger partial charge >= 0.3 is 0 Å². The van der Waals surface area contributed by atoms with E-state index < -0.39 is 0 Å². The molecule has 0 unspecified atom stereocenters. The minimum Gasteiger partial charge on any atom is -0.493 e. The van der Waals surface area contributed by atoms with E-state index in [4.69, 9.17) is 14.2 Å². The molecule has 0 aliphatic carbocycles. The van der Waals surface area contributed by atoms with E-state index in [-0.39, 0.29) is 5.91 Å². The highest BCUT2D eigenvalue weighted by molar-refractivity contribution is 5.91. The zero-order chi connectivity index (χ0) is 16.7. The minimum absolute atomic E-state index is 0.128. The van der Waals surface area contributed by atoms with Gasteiger partial charge in [0.2, 0.25) is 5.91 Å². The van der Waals surface area contributed by atoms with Gasteiger partial charge in [-0.3, -0.25) is 4.79 Å². The Morgan fingerprint density at radius 3 is 2.48 bits per heavy atom. The maximum atomic E-state index is 12.1. The van der Waals surface area contributed by atoms with Gasteiger partial charge in [0.1, 0.15) is 0 Å². The molecular weight excluding hydrogens is 296 g/mol. The SMILES string of the molecule is COc1ccc(CCC(=O)Nc2ncccc2OC)cc1OC. The molecule has 1 aromatic heterocycles. The first-order valence-electron chi connectivity index (χ1n) is 7.17. The monoisotopic (exact) mass is 316 g/mol. The molecule has 0 saturated heterocycles. The standard InChI is InChI=1S/C17H20N2O4/c1-21-13-8-6-12(11-15(13)23-3)7-9-16(20)19-17-14(22-2)5-4-10-18-17/h4-6,8,10-11H,7,9H2,1-3H3,(H,18,19,20). The van der Waals surface area contributed by atoms with Crippen molar-refractivity contribution in [2.24, 2.45) is 0 Å². The molecule has 0 saturated carbocycles. The number of rotatable bonds is 7. The van der Waals surface area contributed by atoms with Gasteiger partial charge in [0.05, 0.1) is 21.3 Å². The molecule has 0 aliphatic heterocycles. The topological polar surface area (TPSA) is 69.7 Å². The molecule has 0 radical (unpaired) electrons. The largest absolute Gasteiger partial charge is 0.493 e. The molecule has 6 nitrogen and oxygen atoms in total. The van der Waals surface area contributed by atoms with Crippen LogP contribution >= 0.6 is 0 Å². The molecule has 1 aromatic carbocycles. The second-order valence-corrected chi connectivity index (χ2v) is 4.79. The summed E-state index contributed by atoms with van der Waals surface area (Å²) in [6.45, 7) is 0. The highest BCUT2D eigenvalue weighted by Crippen LogP contribution is 2.28. The molecule has 1 heterocycles. The number of pyridine rings is 1. The highest BCUT2D eigenvalue weighted by atomic mass is 16.5. The van der Waals surface area contributed by atoms with Crippen molar-refractivity contribution in [3.05, 3.63) is 42.1 Å². The van der Waals surface area contributed by atoms with Crippen LogP contribution in [0.15, 0.2) is 36.5 Å². The molecule has 122 valence electrons. The Hall–Kier alpha value is -2.76. The number of methoxy groups -OCH3 is 3. The van der Waals surface area contributed by atoms with Crippen LogP contribution in [0.2, 0.25) is 0 Å². The number of aromatic nitrogens is 1. The molecular formula is C17H20N2O4. The van der Waals surface area contributed by atoms with Crippen LogP contribution in [0.3, 0.4) is 0 Å². The summed E-state index contributed by atoms with van der Waals surface area (Å²) in [5, 5.41) is 2.75. The lowest BCUT2D eigenvalue weighted by Crippen LogP contribution is -2.14. The van der Waals surface area contributed by atoms with Gasteiger partial charge in [-0.1, -0.05) is 6.07 Å². The lowest BCUT2D eigenvalue weighted by molar-refractivity contribution is -0.116. The van der Waals surface area contributed by atoms with Crippen molar-refractivity contribution in [1.82, 2.24) is 4.98 Å². The zero-order valence-corrected chi connectivity index (χ0v) is 13.5. The van der Waals surface area contributed by atoms with Gasteiger partial charge in [0, 0.05) is 12.6 Å². The molecule has 0 aliphatic rings. The summed E-state index contributed by atoms with van der Waals surface area (Å²) in [5.74, 6) is 2.15. The van der Waals surface area contributed by atoms with E-state index in [1.165, 1.54) is 7.11 Å². The first-order valence-corrected chi connectivity index (χ1v) is 7.17. The Morgan fingerprint density at radius 2 is 1.78 bits per heavy atom. The van der Waals surface area contributed by atoms with Gasteiger partial charge < -0.3 is 19.5 Å². The first kappa shape index (κ1) is 16.6. The van der Waals surface area contributed by atoms with E-state index in [1.54, 1.807) is 32.5 Å². The summed E-state index contributed by atoms with van der Waals surface area (Å²) in [4.78, 5) is 16.2. The predicted octanol–water partition coefficient (Wildman–Crippen LogP) is 2.68. The third-order valence-electron chi connectivity index (χ3n) is 3.34. The lowest BCUT2D eigenvalue weighted by atomic mass is 10.1. The van der Waals surface area contributed by atoms with E-state index in [9.17, 15) is 4.79 Å². The fourth-order valence-corrected chi connectivity index (χ4v) is 2.14. The second-order valence-electron chi connectivity index (χ2n) is 4.79. The number of hydrogen-bond donors (Lipinski definition) is 1. The smallest absolute Gasteiger partial charge is 0.225 e. The second kappa shape index (κ2) is 8.03. The number of aryl methyl sites for hydroxylation is 1. The van der Waals surface area contributed by atoms with Gasteiger partial charge in [-0.25, -0.2) is 4.98 Å². The van der Waals surface area contributed by atoms with Gasteiger partial charge in [-0.05, 0) is 36.2 Å². The molecule has 0 fully saturated rings. The van der Waals surface area contributed by atoms with Crippen molar-refractivity contribution < 1.29 is 19.0 Å². The van der Waals surface area contributed by atoms with E-state index >= 15 is 0 Å². The summed E-state index contributed by atoms with van der Waals surface area (Å²) in [7, 11) is 4.71. The van der Waals surface area contributed by atoms with Gasteiger partial charge in [0.15, 0.2) is 23.1 Å². The molecule has 6 heteroatoms. The maximum absolute atomic E-state index is 12.1. The molecule has 0 spiro atoms. The molecule has 23 heavy (non-hydrogen) atoms. The van der Waals surface area contributed by atoms with Crippen LogP contribution in [0.5, 0.6) is 17.2 Å². The van der Waals surface area contributed by atoms with Crippen LogP contribution in [0.25, 0.3) is 0 Å². The number of amides is 1. The normalized spacial score (nSPS) is 10.0. The fraction of sp³-hybridized carbons (Fsp3) is 0.294. The quantitative estimate of drug-likeness (QED) is 0.850. The Labute approximate surface area is 135 Å². The number of nitrogens with zero attached hydrogens (tertiary/aromatic N) is 1. The fourth-order valence-electron chi connectivity index (χ4n) is 2.14. The summed E-state index contributed by atoms with van der Waals surface area (Å²) in [6, 6.07) is 9.10. The van der Waals surface area contributed by atoms with Crippen LogP contribution in [-0.2, 0) is 11.2 Å². The van der Waals surface area contributed by atoms with E-state index in [1.807, 2.05) is 18.2 Å². The van der Waals surface area contributed by atoms with Crippen LogP contribution in [0.4, 0.5) is 5.82 Å². The molecule has 2 aromatic rings. The first-order chi connectivity index (χ1) is 11.2. The Bertz CT molecular complexity index is 673. The molecule has 1 N–H and O–H groups in total. The van der Waals surface area contributed by atoms with Crippen molar-refractivity contribution in [3.63, 3.8) is 0 Å². The number of nitrogens with one attached hydrogen (secondary N) is 1. The number of carbonyl (C=O) groups excluding carboxylic acids is 1. The van der Waals surface area contributed by atoms with E-state index in [0.29, 0.717) is 35.9 Å². The summed E-state index contributed by atoms with van der Waals surface area (Å²) >= 11 is 0. The van der Waals surface area contributed by atoms with E-state index in [0.717, 1.165) is 5.56 Å². The Balaban J connectivity index is 1.96. The molecule has 0 atom stereocenters. The van der Waals surface area contributed by atoms with Crippen LogP contribution in [0.1, 0.15) is 12.0 Å².